The number of aldehydes is 1. The summed E-state index contributed by atoms with van der Waals surface area (Å²) in [5.74, 6) is -1.12. The summed E-state index contributed by atoms with van der Waals surface area (Å²) < 4.78 is 5.43. The Morgan fingerprint density at radius 3 is 2.57 bits per heavy atom. The van der Waals surface area contributed by atoms with Crippen molar-refractivity contribution in [2.45, 2.75) is 78.9 Å². The first-order chi connectivity index (χ1) is 13.0. The third-order valence-electron chi connectivity index (χ3n) is 7.24. The first kappa shape index (κ1) is 22.6. The molecule has 0 aliphatic heterocycles. The molecule has 0 heterocycles. The van der Waals surface area contributed by atoms with Gasteiger partial charge in [-0.3, -0.25) is 9.59 Å². The molecule has 0 aromatic rings. The van der Waals surface area contributed by atoms with E-state index in [1.807, 2.05) is 6.92 Å². The first-order valence-corrected chi connectivity index (χ1v) is 10.2. The van der Waals surface area contributed by atoms with Gasteiger partial charge in [0.15, 0.2) is 0 Å². The topological polar surface area (TPSA) is 101 Å². The number of hydrogen-bond donors (Lipinski definition) is 2. The molecule has 2 N–H and O–H groups in total. The fourth-order valence-electron chi connectivity index (χ4n) is 5.76. The highest BCUT2D eigenvalue weighted by Gasteiger charge is 2.61. The van der Waals surface area contributed by atoms with E-state index in [0.29, 0.717) is 12.8 Å². The molecule has 0 saturated heterocycles. The number of carboxylic acids is 1. The number of carboxylic acid groups (broad SMARTS) is 1. The normalized spacial score (nSPS) is 38.7. The van der Waals surface area contributed by atoms with Gasteiger partial charge in [0.1, 0.15) is 18.5 Å². The Hall–Kier alpha value is -1.69. The molecular weight excluding hydrogens is 360 g/mol. The van der Waals surface area contributed by atoms with Gasteiger partial charge in [-0.2, -0.15) is 0 Å². The van der Waals surface area contributed by atoms with Crippen molar-refractivity contribution in [3.63, 3.8) is 0 Å². The number of allylic oxidation sites excluding steroid dienone is 2. The number of carbonyl (C=O) groups is 3. The van der Waals surface area contributed by atoms with Crippen LogP contribution in [0.5, 0.6) is 0 Å². The lowest BCUT2D eigenvalue weighted by Gasteiger charge is -2.59. The third kappa shape index (κ3) is 4.17. The molecule has 2 aliphatic rings. The molecular formula is C22H34O6. The van der Waals surface area contributed by atoms with E-state index in [1.54, 1.807) is 6.92 Å². The molecule has 0 aromatic heterocycles. The fraction of sp³-hybridized carbons (Fsp3) is 0.773. The average molecular weight is 395 g/mol. The van der Waals surface area contributed by atoms with Gasteiger partial charge in [0, 0.05) is 13.3 Å². The van der Waals surface area contributed by atoms with Gasteiger partial charge >= 0.3 is 11.9 Å². The molecule has 6 heteroatoms. The Morgan fingerprint density at radius 1 is 1.39 bits per heavy atom. The highest BCUT2D eigenvalue weighted by atomic mass is 16.6. The molecule has 6 nitrogen and oxygen atoms in total. The second-order valence-electron chi connectivity index (χ2n) is 9.36. The van der Waals surface area contributed by atoms with Crippen LogP contribution in [-0.4, -0.2) is 40.6 Å². The summed E-state index contributed by atoms with van der Waals surface area (Å²) in [4.78, 5) is 34.7. The van der Waals surface area contributed by atoms with Crippen LogP contribution >= 0.6 is 0 Å². The highest BCUT2D eigenvalue weighted by Crippen LogP contribution is 2.60. The minimum atomic E-state index is -1.04. The molecule has 0 aromatic carbocycles. The molecule has 158 valence electrons. The molecule has 0 radical (unpaired) electrons. The van der Waals surface area contributed by atoms with E-state index in [1.165, 1.54) is 12.5 Å². The summed E-state index contributed by atoms with van der Waals surface area (Å²) in [5.41, 5.74) is -0.0982. The van der Waals surface area contributed by atoms with Gasteiger partial charge in [0.05, 0.1) is 5.41 Å². The Morgan fingerprint density at radius 2 is 2.04 bits per heavy atom. The maximum atomic E-state index is 12.1. The molecule has 7 atom stereocenters. The van der Waals surface area contributed by atoms with Gasteiger partial charge in [0.2, 0.25) is 0 Å². The fourth-order valence-corrected chi connectivity index (χ4v) is 5.76. The Kier molecular flexibility index (Phi) is 6.74. The van der Waals surface area contributed by atoms with Crippen molar-refractivity contribution in [2.24, 2.45) is 28.6 Å². The van der Waals surface area contributed by atoms with Crippen LogP contribution in [0.25, 0.3) is 0 Å². The molecule has 0 amide bonds. The van der Waals surface area contributed by atoms with Crippen molar-refractivity contribution >= 4 is 18.2 Å². The lowest BCUT2D eigenvalue weighted by atomic mass is 9.46. The summed E-state index contributed by atoms with van der Waals surface area (Å²) >= 11 is 0. The summed E-state index contributed by atoms with van der Waals surface area (Å²) in [6, 6.07) is 0. The molecule has 1 saturated carbocycles. The van der Waals surface area contributed by atoms with E-state index in [2.05, 4.69) is 19.9 Å². The zero-order valence-corrected chi connectivity index (χ0v) is 17.6. The van der Waals surface area contributed by atoms with Crippen LogP contribution in [-0.2, 0) is 19.1 Å². The van der Waals surface area contributed by atoms with Gasteiger partial charge in [-0.05, 0) is 62.7 Å². The quantitative estimate of drug-likeness (QED) is 0.390. The Labute approximate surface area is 167 Å². The Balaban J connectivity index is 2.35. The van der Waals surface area contributed by atoms with E-state index >= 15 is 0 Å². The molecule has 28 heavy (non-hydrogen) atoms. The van der Waals surface area contributed by atoms with Crippen molar-refractivity contribution in [1.29, 1.82) is 0 Å². The molecule has 0 unspecified atom stereocenters. The maximum Gasteiger partial charge on any atom is 0.303 e. The number of hydrogen-bond acceptors (Lipinski definition) is 5. The van der Waals surface area contributed by atoms with Gasteiger partial charge in [-0.25, -0.2) is 0 Å². The number of carbonyl (C=O) groups excluding carboxylic acids is 2. The zero-order chi connectivity index (χ0) is 21.3. The van der Waals surface area contributed by atoms with Gasteiger partial charge < -0.3 is 19.7 Å². The number of aliphatic hydroxyl groups excluding tert-OH is 1. The predicted octanol–water partition coefficient (Wildman–Crippen LogP) is 3.37. The van der Waals surface area contributed by atoms with Crippen molar-refractivity contribution in [3.8, 4) is 0 Å². The minimum absolute atomic E-state index is 0.0604. The molecule has 1 fully saturated rings. The van der Waals surface area contributed by atoms with Crippen LogP contribution in [0.1, 0.15) is 66.7 Å². The number of esters is 1. The number of ether oxygens (including phenoxy) is 1. The lowest BCUT2D eigenvalue weighted by Crippen LogP contribution is -2.62. The summed E-state index contributed by atoms with van der Waals surface area (Å²) in [7, 11) is 0. The molecule has 0 bridgehead atoms. The highest BCUT2D eigenvalue weighted by molar-refractivity contribution is 5.67. The summed E-state index contributed by atoms with van der Waals surface area (Å²) in [5, 5.41) is 19.9. The van der Waals surface area contributed by atoms with E-state index in [0.717, 1.165) is 19.1 Å². The third-order valence-corrected chi connectivity index (χ3v) is 7.24. The van der Waals surface area contributed by atoms with Crippen molar-refractivity contribution in [2.75, 3.05) is 0 Å². The van der Waals surface area contributed by atoms with Crippen LogP contribution < -0.4 is 0 Å². The second kappa shape index (κ2) is 8.36. The van der Waals surface area contributed by atoms with Gasteiger partial charge in [0.25, 0.3) is 0 Å². The van der Waals surface area contributed by atoms with Gasteiger partial charge in [-0.1, -0.05) is 25.5 Å². The van der Waals surface area contributed by atoms with E-state index in [9.17, 15) is 19.5 Å². The molecule has 0 spiro atoms. The van der Waals surface area contributed by atoms with Crippen LogP contribution in [0, 0.1) is 28.6 Å². The van der Waals surface area contributed by atoms with E-state index in [-0.39, 0.29) is 29.6 Å². The van der Waals surface area contributed by atoms with Gasteiger partial charge in [-0.15, -0.1) is 0 Å². The van der Waals surface area contributed by atoms with Crippen LogP contribution in [0.3, 0.4) is 0 Å². The van der Waals surface area contributed by atoms with Crippen molar-refractivity contribution in [1.82, 2.24) is 0 Å². The zero-order valence-electron chi connectivity index (χ0n) is 17.6. The van der Waals surface area contributed by atoms with E-state index in [4.69, 9.17) is 9.84 Å². The first-order valence-electron chi connectivity index (χ1n) is 10.2. The van der Waals surface area contributed by atoms with Crippen molar-refractivity contribution in [3.05, 3.63) is 11.6 Å². The lowest BCUT2D eigenvalue weighted by molar-refractivity contribution is -0.197. The SMILES string of the molecule is CC(=O)O[C@H]1C[C@@]2(C)[C@H](CC[C@@H](C)CC(=O)O)C(C)=CC[C@@H]2[C@](C)(C=O)[C@H]1O. The largest absolute Gasteiger partial charge is 0.481 e. The number of rotatable bonds is 7. The summed E-state index contributed by atoms with van der Waals surface area (Å²) in [6.45, 7) is 9.24. The second-order valence-corrected chi connectivity index (χ2v) is 9.36. The monoisotopic (exact) mass is 394 g/mol. The van der Waals surface area contributed by atoms with E-state index < -0.39 is 29.6 Å². The minimum Gasteiger partial charge on any atom is -0.481 e. The predicted molar refractivity (Wildman–Crippen MR) is 104 cm³/mol. The average Bonchev–Trinajstić information content (AvgIpc) is 2.57. The Bertz CT molecular complexity index is 655. The molecule has 2 aliphatic carbocycles. The number of fused-ring (bicyclic) bond motifs is 1. The summed E-state index contributed by atoms with van der Waals surface area (Å²) in [6.07, 6.45) is 4.12. The number of aliphatic hydroxyl groups is 1. The van der Waals surface area contributed by atoms with Crippen LogP contribution in [0.2, 0.25) is 0 Å². The van der Waals surface area contributed by atoms with Crippen molar-refractivity contribution < 1.29 is 29.3 Å². The smallest absolute Gasteiger partial charge is 0.303 e. The van der Waals surface area contributed by atoms with Crippen LogP contribution in [0.15, 0.2) is 11.6 Å². The number of aliphatic carboxylic acids is 1. The maximum absolute atomic E-state index is 12.1. The molecule has 2 rings (SSSR count). The standard InChI is InChI=1S/C22H34O6/c1-13(10-19(25)26)6-8-16-14(2)7-9-18-21(16,4)11-17(28-15(3)24)20(27)22(18,5)12-23/h7,12-13,16-18,20,27H,6,8-11H2,1-5H3,(H,25,26)/t13-,16-,17+,18+,20+,21+,22+/m1/s1. The van der Waals surface area contributed by atoms with Crippen LogP contribution in [0.4, 0.5) is 0 Å².